The molecule has 2 aromatic carbocycles. The molecule has 1 amide bonds. The number of aryl methyl sites for hydroxylation is 2. The maximum Gasteiger partial charge on any atom is 0.240 e. The number of rotatable bonds is 7. The van der Waals surface area contributed by atoms with Gasteiger partial charge in [0.25, 0.3) is 0 Å². The van der Waals surface area contributed by atoms with Crippen LogP contribution in [0.4, 0.5) is 11.4 Å². The van der Waals surface area contributed by atoms with Gasteiger partial charge < -0.3 is 10.2 Å². The quantitative estimate of drug-likeness (QED) is 0.624. The third-order valence-electron chi connectivity index (χ3n) is 6.92. The third-order valence-corrected chi connectivity index (χ3v) is 8.51. The summed E-state index contributed by atoms with van der Waals surface area (Å²) in [5, 5.41) is 2.70. The molecule has 0 saturated carbocycles. The Hall–Kier alpha value is -2.42. The van der Waals surface area contributed by atoms with Crippen molar-refractivity contribution in [3.8, 4) is 0 Å². The van der Waals surface area contributed by atoms with Crippen molar-refractivity contribution in [3.63, 3.8) is 0 Å². The number of piperidine rings is 1. The molecule has 0 radical (unpaired) electrons. The summed E-state index contributed by atoms with van der Waals surface area (Å²) in [5.74, 6) is -0.186. The zero-order chi connectivity index (χ0) is 24.3. The molecule has 2 aliphatic heterocycles. The van der Waals surface area contributed by atoms with Crippen LogP contribution in [0.15, 0.2) is 41.3 Å². The monoisotopic (exact) mass is 484 g/mol. The minimum atomic E-state index is -3.70. The summed E-state index contributed by atoms with van der Waals surface area (Å²) in [7, 11) is -1.57. The number of amides is 1. The lowest BCUT2D eigenvalue weighted by Crippen LogP contribution is -2.40. The van der Waals surface area contributed by atoms with Crippen LogP contribution in [0.5, 0.6) is 0 Å². The maximum absolute atomic E-state index is 13.3. The SMILES string of the molecule is CC(=O)Nc1ccc(S(=O)(=O)NC[C@@H](c2ccc3c(c2)CCCN3C)N2CCCCC2)c(C)c1. The van der Waals surface area contributed by atoms with Crippen LogP contribution in [0.3, 0.4) is 0 Å². The normalized spacial score (nSPS) is 17.8. The predicted molar refractivity (Wildman–Crippen MR) is 137 cm³/mol. The van der Waals surface area contributed by atoms with Crippen LogP contribution in [0.1, 0.15) is 55.3 Å². The largest absolute Gasteiger partial charge is 0.374 e. The highest BCUT2D eigenvalue weighted by Gasteiger charge is 2.27. The Labute approximate surface area is 203 Å². The maximum atomic E-state index is 13.3. The van der Waals surface area contributed by atoms with Crippen molar-refractivity contribution in [1.29, 1.82) is 0 Å². The van der Waals surface area contributed by atoms with E-state index in [1.807, 2.05) is 0 Å². The molecule has 2 aromatic rings. The first-order valence-corrected chi connectivity index (χ1v) is 13.7. The summed E-state index contributed by atoms with van der Waals surface area (Å²) in [6.45, 7) is 6.54. The van der Waals surface area contributed by atoms with Crippen LogP contribution < -0.4 is 14.9 Å². The first-order chi connectivity index (χ1) is 16.2. The molecule has 1 atom stereocenters. The topological polar surface area (TPSA) is 81.7 Å². The van der Waals surface area contributed by atoms with Crippen molar-refractivity contribution < 1.29 is 13.2 Å². The Morgan fingerprint density at radius 2 is 1.79 bits per heavy atom. The van der Waals surface area contributed by atoms with Crippen molar-refractivity contribution in [3.05, 3.63) is 53.1 Å². The van der Waals surface area contributed by atoms with E-state index in [-0.39, 0.29) is 16.8 Å². The summed E-state index contributed by atoms with van der Waals surface area (Å²) in [6.07, 6.45) is 5.71. The summed E-state index contributed by atoms with van der Waals surface area (Å²) in [5.41, 5.74) is 5.00. The molecule has 184 valence electrons. The number of sulfonamides is 1. The van der Waals surface area contributed by atoms with Gasteiger partial charge in [-0.3, -0.25) is 9.69 Å². The van der Waals surface area contributed by atoms with Gasteiger partial charge >= 0.3 is 0 Å². The first-order valence-electron chi connectivity index (χ1n) is 12.2. The molecule has 7 nitrogen and oxygen atoms in total. The first kappa shape index (κ1) is 24.7. The van der Waals surface area contributed by atoms with Crippen LogP contribution in [0.25, 0.3) is 0 Å². The number of hydrogen-bond donors (Lipinski definition) is 2. The fourth-order valence-corrected chi connectivity index (χ4v) is 6.46. The van der Waals surface area contributed by atoms with Gasteiger partial charge in [0.15, 0.2) is 0 Å². The number of nitrogens with zero attached hydrogens (tertiary/aromatic N) is 2. The highest BCUT2D eigenvalue weighted by molar-refractivity contribution is 7.89. The Morgan fingerprint density at radius 3 is 2.50 bits per heavy atom. The Kier molecular flexibility index (Phi) is 7.60. The van der Waals surface area contributed by atoms with Crippen molar-refractivity contribution in [2.24, 2.45) is 0 Å². The van der Waals surface area contributed by atoms with E-state index in [9.17, 15) is 13.2 Å². The highest BCUT2D eigenvalue weighted by Crippen LogP contribution is 2.32. The van der Waals surface area contributed by atoms with Crippen LogP contribution in [0, 0.1) is 6.92 Å². The smallest absolute Gasteiger partial charge is 0.240 e. The number of carbonyl (C=O) groups is 1. The lowest BCUT2D eigenvalue weighted by Gasteiger charge is -2.36. The molecule has 2 N–H and O–H groups in total. The van der Waals surface area contributed by atoms with Crippen LogP contribution in [-0.2, 0) is 21.2 Å². The van der Waals surface area contributed by atoms with Crippen molar-refractivity contribution in [2.45, 2.75) is 56.9 Å². The number of fused-ring (bicyclic) bond motifs is 1. The van der Waals surface area contributed by atoms with Gasteiger partial charge in [-0.25, -0.2) is 13.1 Å². The predicted octanol–water partition coefficient (Wildman–Crippen LogP) is 3.84. The van der Waals surface area contributed by atoms with Gasteiger partial charge in [0.05, 0.1) is 4.90 Å². The molecule has 34 heavy (non-hydrogen) atoms. The average molecular weight is 485 g/mol. The summed E-state index contributed by atoms with van der Waals surface area (Å²) >= 11 is 0. The van der Waals surface area contributed by atoms with E-state index in [0.717, 1.165) is 45.3 Å². The van der Waals surface area contributed by atoms with Gasteiger partial charge in [0.2, 0.25) is 15.9 Å². The molecule has 0 aliphatic carbocycles. The second-order valence-electron chi connectivity index (χ2n) is 9.54. The number of carbonyl (C=O) groups excluding carboxylic acids is 1. The molecule has 0 unspecified atom stereocenters. The molecule has 1 fully saturated rings. The molecule has 8 heteroatoms. The molecule has 0 bridgehead atoms. The Balaban J connectivity index is 1.57. The van der Waals surface area contributed by atoms with Gasteiger partial charge in [-0.1, -0.05) is 18.6 Å². The van der Waals surface area contributed by atoms with Gasteiger partial charge in [0, 0.05) is 44.5 Å². The summed E-state index contributed by atoms with van der Waals surface area (Å²) in [4.78, 5) is 16.3. The van der Waals surface area contributed by atoms with E-state index in [1.54, 1.807) is 25.1 Å². The van der Waals surface area contributed by atoms with Crippen molar-refractivity contribution in [1.82, 2.24) is 9.62 Å². The minimum absolute atomic E-state index is 0.00781. The molecular weight excluding hydrogens is 448 g/mol. The van der Waals surface area contributed by atoms with Gasteiger partial charge in [0.1, 0.15) is 0 Å². The fraction of sp³-hybridized carbons (Fsp3) is 0.500. The molecule has 1 saturated heterocycles. The van der Waals surface area contributed by atoms with Gasteiger partial charge in [-0.15, -0.1) is 0 Å². The van der Waals surface area contributed by atoms with Gasteiger partial charge in [-0.2, -0.15) is 0 Å². The second-order valence-corrected chi connectivity index (χ2v) is 11.3. The average Bonchev–Trinajstić information content (AvgIpc) is 2.79. The second kappa shape index (κ2) is 10.5. The summed E-state index contributed by atoms with van der Waals surface area (Å²) < 4.78 is 29.4. The molecule has 2 heterocycles. The van der Waals surface area contributed by atoms with Crippen molar-refractivity contribution in [2.75, 3.05) is 43.4 Å². The third kappa shape index (κ3) is 5.62. The molecule has 2 aliphatic rings. The fourth-order valence-electron chi connectivity index (χ4n) is 5.20. The standard InChI is InChI=1S/C26H36N4O3S/c1-19-16-23(28-20(2)31)10-12-26(19)34(32,33)27-18-25(30-14-5-4-6-15-30)22-9-11-24-21(17-22)8-7-13-29(24)3/h9-12,16-17,25,27H,4-8,13-15,18H2,1-3H3,(H,28,31)/t25-/m0/s1. The van der Waals surface area contributed by atoms with E-state index < -0.39 is 10.0 Å². The van der Waals surface area contributed by atoms with Crippen molar-refractivity contribution >= 4 is 27.3 Å². The Bertz CT molecular complexity index is 1140. The zero-order valence-electron chi connectivity index (χ0n) is 20.4. The van der Waals surface area contributed by atoms with E-state index >= 15 is 0 Å². The number of hydrogen-bond acceptors (Lipinski definition) is 5. The molecule has 0 spiro atoms. The van der Waals surface area contributed by atoms with Gasteiger partial charge in [-0.05, 0) is 86.7 Å². The number of nitrogens with one attached hydrogen (secondary N) is 2. The Morgan fingerprint density at radius 1 is 1.03 bits per heavy atom. The van der Waals surface area contributed by atoms with E-state index in [0.29, 0.717) is 17.8 Å². The minimum Gasteiger partial charge on any atom is -0.374 e. The molecule has 4 rings (SSSR count). The van der Waals surface area contributed by atoms with E-state index in [1.165, 1.54) is 30.2 Å². The van der Waals surface area contributed by atoms with Crippen LogP contribution >= 0.6 is 0 Å². The number of likely N-dealkylation sites (tertiary alicyclic amines) is 1. The van der Waals surface area contributed by atoms with E-state index in [4.69, 9.17) is 0 Å². The van der Waals surface area contributed by atoms with Crippen LogP contribution in [0.2, 0.25) is 0 Å². The van der Waals surface area contributed by atoms with E-state index in [2.05, 4.69) is 45.1 Å². The molecular formula is C26H36N4O3S. The summed E-state index contributed by atoms with van der Waals surface area (Å²) in [6, 6.07) is 11.5. The zero-order valence-corrected chi connectivity index (χ0v) is 21.2. The highest BCUT2D eigenvalue weighted by atomic mass is 32.2. The molecule has 0 aromatic heterocycles. The lowest BCUT2D eigenvalue weighted by atomic mass is 9.95. The van der Waals surface area contributed by atoms with Crippen LogP contribution in [-0.4, -0.2) is 52.5 Å². The number of benzene rings is 2. The number of anilines is 2. The lowest BCUT2D eigenvalue weighted by molar-refractivity contribution is -0.114.